The topological polar surface area (TPSA) is 222 Å². The lowest BCUT2D eigenvalue weighted by atomic mass is 10.1. The Labute approximate surface area is 404 Å². The van der Waals surface area contributed by atoms with Gasteiger partial charge in [0.25, 0.3) is 11.8 Å². The first-order valence-corrected chi connectivity index (χ1v) is 24.3. The van der Waals surface area contributed by atoms with Crippen molar-refractivity contribution >= 4 is 47.6 Å². The zero-order valence-electron chi connectivity index (χ0n) is 43.2. The van der Waals surface area contributed by atoms with Gasteiger partial charge < -0.3 is 29.4 Å². The largest absolute Gasteiger partial charge is 0.481 e. The molecule has 19 heteroatoms. The molecule has 0 bridgehead atoms. The second kappa shape index (κ2) is 27.7. The van der Waals surface area contributed by atoms with Crippen LogP contribution in [0.25, 0.3) is 0 Å². The molecule has 0 aromatic rings. The SMILES string of the molecule is CC(C)(C)OC(=O)CN1CCN(C(CCCCNC(=O)CCCCCN2C(=O)C=CC2=O)C(=O)OC(C)(C)C)CCN(CC(=O)OC(C)(C)C)CCN(C(CCC(=O)O)C(=O)OC(C)(C)C)CC1. The summed E-state index contributed by atoms with van der Waals surface area (Å²) in [5.41, 5.74) is -3.16. The molecule has 2 heterocycles. The number of esters is 4. The van der Waals surface area contributed by atoms with Crippen LogP contribution in [0.1, 0.15) is 141 Å². The van der Waals surface area contributed by atoms with Crippen molar-refractivity contribution in [3.05, 3.63) is 12.2 Å². The molecule has 0 saturated carbocycles. The number of hydrogen-bond donors (Lipinski definition) is 2. The first-order chi connectivity index (χ1) is 31.4. The van der Waals surface area contributed by atoms with Crippen LogP contribution in [-0.4, -0.2) is 190 Å². The summed E-state index contributed by atoms with van der Waals surface area (Å²) in [6.45, 7) is 24.0. The molecule has 68 heavy (non-hydrogen) atoms. The van der Waals surface area contributed by atoms with E-state index in [4.69, 9.17) is 18.9 Å². The van der Waals surface area contributed by atoms with E-state index in [0.717, 1.165) is 0 Å². The Bertz CT molecular complexity index is 1660. The van der Waals surface area contributed by atoms with Gasteiger partial charge in [-0.1, -0.05) is 6.42 Å². The standard InChI is InChI=1S/C49H84N6O13/c1-46(2,3)65-42(61)34-51-26-30-53(36(44(63)67-48(7,8)9)18-15-16-24-50-38(56)19-14-13-17-25-55-39(57)21-22-40(55)58)31-27-52(35-43(62)66-47(4,5)6)29-33-54(32-28-51)37(20-23-41(59)60)45(64)68-49(10,11)12/h21-22,36-37H,13-20,23-35H2,1-12H3,(H,50,56)(H,59,60). The number of carbonyl (C=O) groups excluding carboxylic acids is 7. The molecule has 2 aliphatic rings. The minimum Gasteiger partial charge on any atom is -0.481 e. The number of rotatable bonds is 22. The van der Waals surface area contributed by atoms with Crippen LogP contribution in [-0.2, 0) is 57.3 Å². The van der Waals surface area contributed by atoms with Crippen molar-refractivity contribution in [2.45, 2.75) is 175 Å². The van der Waals surface area contributed by atoms with Crippen LogP contribution in [0.4, 0.5) is 0 Å². The monoisotopic (exact) mass is 965 g/mol. The van der Waals surface area contributed by atoms with Crippen LogP contribution in [0, 0.1) is 0 Å². The fourth-order valence-electron chi connectivity index (χ4n) is 7.64. The normalized spacial score (nSPS) is 17.7. The van der Waals surface area contributed by atoms with Gasteiger partial charge in [0.1, 0.15) is 34.5 Å². The second-order valence-electron chi connectivity index (χ2n) is 21.6. The number of unbranched alkanes of at least 4 members (excludes halogenated alkanes) is 3. The van der Waals surface area contributed by atoms with Crippen LogP contribution in [0.3, 0.4) is 0 Å². The first kappa shape index (κ1) is 59.7. The predicted octanol–water partition coefficient (Wildman–Crippen LogP) is 3.95. The van der Waals surface area contributed by atoms with Crippen LogP contribution >= 0.6 is 0 Å². The van der Waals surface area contributed by atoms with Gasteiger partial charge in [0, 0.05) is 90.4 Å². The van der Waals surface area contributed by atoms with E-state index < -0.39 is 64.3 Å². The molecule has 2 rings (SSSR count). The van der Waals surface area contributed by atoms with E-state index in [1.807, 2.05) is 19.6 Å². The van der Waals surface area contributed by atoms with Gasteiger partial charge in [-0.15, -0.1) is 0 Å². The van der Waals surface area contributed by atoms with E-state index in [1.54, 1.807) is 83.1 Å². The highest BCUT2D eigenvalue weighted by Crippen LogP contribution is 2.20. The molecule has 0 aliphatic carbocycles. The Balaban J connectivity index is 2.40. The summed E-state index contributed by atoms with van der Waals surface area (Å²) in [7, 11) is 0. The number of imide groups is 1. The van der Waals surface area contributed by atoms with E-state index >= 15 is 0 Å². The fraction of sp³-hybridized carbons (Fsp3) is 0.796. The maximum absolute atomic E-state index is 14.2. The van der Waals surface area contributed by atoms with Gasteiger partial charge in [0.15, 0.2) is 0 Å². The molecule has 2 unspecified atom stereocenters. The minimum absolute atomic E-state index is 0.0251. The highest BCUT2D eigenvalue weighted by Gasteiger charge is 2.35. The average Bonchev–Trinajstić information content (AvgIpc) is 3.48. The summed E-state index contributed by atoms with van der Waals surface area (Å²) < 4.78 is 23.3. The van der Waals surface area contributed by atoms with Crippen molar-refractivity contribution < 1.29 is 62.4 Å². The summed E-state index contributed by atoms with van der Waals surface area (Å²) in [5.74, 6) is -3.73. The van der Waals surface area contributed by atoms with E-state index in [0.29, 0.717) is 84.2 Å². The molecule has 1 fully saturated rings. The average molecular weight is 965 g/mol. The molecular weight excluding hydrogens is 881 g/mol. The molecule has 0 spiro atoms. The van der Waals surface area contributed by atoms with Crippen molar-refractivity contribution in [3.63, 3.8) is 0 Å². The van der Waals surface area contributed by atoms with E-state index in [2.05, 4.69) is 5.32 Å². The Hall–Kier alpha value is -4.46. The minimum atomic E-state index is -1.06. The van der Waals surface area contributed by atoms with Crippen molar-refractivity contribution in [3.8, 4) is 0 Å². The lowest BCUT2D eigenvalue weighted by Crippen LogP contribution is -2.54. The molecule has 0 aromatic carbocycles. The van der Waals surface area contributed by atoms with Gasteiger partial charge in [-0.05, 0) is 122 Å². The Morgan fingerprint density at radius 1 is 0.544 bits per heavy atom. The van der Waals surface area contributed by atoms with Crippen molar-refractivity contribution in [1.82, 2.24) is 29.8 Å². The molecule has 388 valence electrons. The number of nitrogens with zero attached hydrogens (tertiary/aromatic N) is 5. The molecule has 3 amide bonds. The number of ether oxygens (including phenoxy) is 4. The number of carboxylic acid groups (broad SMARTS) is 1. The summed E-state index contributed by atoms with van der Waals surface area (Å²) in [5, 5.41) is 12.6. The first-order valence-electron chi connectivity index (χ1n) is 24.3. The number of carbonyl (C=O) groups is 8. The summed E-state index contributed by atoms with van der Waals surface area (Å²) in [4.78, 5) is 112. The lowest BCUT2D eigenvalue weighted by molar-refractivity contribution is -0.164. The Morgan fingerprint density at radius 3 is 1.35 bits per heavy atom. The summed E-state index contributed by atoms with van der Waals surface area (Å²) >= 11 is 0. The molecule has 2 N–H and O–H groups in total. The third-order valence-corrected chi connectivity index (χ3v) is 10.6. The highest BCUT2D eigenvalue weighted by atomic mass is 16.6. The molecule has 0 radical (unpaired) electrons. The van der Waals surface area contributed by atoms with Gasteiger partial charge in [0.05, 0.1) is 13.1 Å². The maximum Gasteiger partial charge on any atom is 0.323 e. The van der Waals surface area contributed by atoms with Crippen LogP contribution in [0.15, 0.2) is 12.2 Å². The Kier molecular flexibility index (Phi) is 24.3. The van der Waals surface area contributed by atoms with Crippen LogP contribution in [0.2, 0.25) is 0 Å². The van der Waals surface area contributed by atoms with Gasteiger partial charge in [-0.2, -0.15) is 0 Å². The summed E-state index contributed by atoms with van der Waals surface area (Å²) in [6.07, 6.45) is 5.92. The predicted molar refractivity (Wildman–Crippen MR) is 255 cm³/mol. The van der Waals surface area contributed by atoms with Gasteiger partial charge >= 0.3 is 29.8 Å². The quantitative estimate of drug-likeness (QED) is 0.0679. The fourth-order valence-corrected chi connectivity index (χ4v) is 7.64. The number of amides is 3. The maximum atomic E-state index is 14.2. The zero-order chi connectivity index (χ0) is 51.5. The van der Waals surface area contributed by atoms with E-state index in [-0.39, 0.29) is 69.8 Å². The molecule has 1 saturated heterocycles. The molecule has 2 atom stereocenters. The third kappa shape index (κ3) is 25.8. The van der Waals surface area contributed by atoms with Gasteiger partial charge in [0.2, 0.25) is 5.91 Å². The number of nitrogens with one attached hydrogen (secondary N) is 1. The van der Waals surface area contributed by atoms with Crippen molar-refractivity contribution in [1.29, 1.82) is 0 Å². The number of aliphatic carboxylic acids is 1. The highest BCUT2D eigenvalue weighted by molar-refractivity contribution is 6.12. The van der Waals surface area contributed by atoms with Gasteiger partial charge in [-0.25, -0.2) is 0 Å². The second-order valence-corrected chi connectivity index (χ2v) is 21.6. The Morgan fingerprint density at radius 2 is 0.956 bits per heavy atom. The molecular formula is C49H84N6O13. The van der Waals surface area contributed by atoms with Gasteiger partial charge in [-0.3, -0.25) is 62.9 Å². The number of carboxylic acids is 1. The van der Waals surface area contributed by atoms with Crippen LogP contribution in [0.5, 0.6) is 0 Å². The number of hydrogen-bond acceptors (Lipinski definition) is 16. The zero-order valence-corrected chi connectivity index (χ0v) is 43.2. The van der Waals surface area contributed by atoms with Crippen molar-refractivity contribution in [2.75, 3.05) is 78.5 Å². The van der Waals surface area contributed by atoms with Crippen molar-refractivity contribution in [2.24, 2.45) is 0 Å². The molecule has 0 aromatic heterocycles. The lowest BCUT2D eigenvalue weighted by Gasteiger charge is -2.38. The van der Waals surface area contributed by atoms with E-state index in [1.165, 1.54) is 17.1 Å². The van der Waals surface area contributed by atoms with Crippen LogP contribution < -0.4 is 5.32 Å². The summed E-state index contributed by atoms with van der Waals surface area (Å²) in [6, 6.07) is -1.67. The van der Waals surface area contributed by atoms with E-state index in [9.17, 15) is 43.5 Å². The smallest absolute Gasteiger partial charge is 0.323 e. The molecule has 2 aliphatic heterocycles. The molecule has 19 nitrogen and oxygen atoms in total. The third-order valence-electron chi connectivity index (χ3n) is 10.6.